The van der Waals surface area contributed by atoms with E-state index in [1.54, 1.807) is 12.1 Å². The van der Waals surface area contributed by atoms with Gasteiger partial charge in [-0.3, -0.25) is 14.5 Å². The molecular weight excluding hydrogens is 414 g/mol. The van der Waals surface area contributed by atoms with Crippen LogP contribution >= 0.6 is 23.7 Å². The zero-order valence-electron chi connectivity index (χ0n) is 16.5. The van der Waals surface area contributed by atoms with E-state index in [-0.39, 0.29) is 18.3 Å². The summed E-state index contributed by atoms with van der Waals surface area (Å²) in [4.78, 5) is 39.6. The number of esters is 1. The molecule has 9 heteroatoms. The van der Waals surface area contributed by atoms with Crippen molar-refractivity contribution in [3.63, 3.8) is 0 Å². The van der Waals surface area contributed by atoms with Gasteiger partial charge in [0, 0.05) is 29.6 Å². The molecule has 0 spiro atoms. The van der Waals surface area contributed by atoms with Crippen LogP contribution in [0, 0.1) is 0 Å². The zero-order chi connectivity index (χ0) is 20.4. The summed E-state index contributed by atoms with van der Waals surface area (Å²) in [6, 6.07) is 6.53. The first-order valence-corrected chi connectivity index (χ1v) is 9.81. The number of benzene rings is 1. The normalized spacial score (nSPS) is 13.4. The topological polar surface area (TPSA) is 102 Å². The number of nitrogens with two attached hydrogens (primary N) is 1. The molecule has 0 saturated carbocycles. The van der Waals surface area contributed by atoms with Gasteiger partial charge in [0.15, 0.2) is 0 Å². The van der Waals surface area contributed by atoms with Gasteiger partial charge in [0.2, 0.25) is 0 Å². The van der Waals surface area contributed by atoms with Gasteiger partial charge in [0.1, 0.15) is 5.00 Å². The van der Waals surface area contributed by atoms with Crippen LogP contribution in [0.1, 0.15) is 55.4 Å². The fourth-order valence-electron chi connectivity index (χ4n) is 3.26. The standard InChI is InChI=1S/C20H23N3O4S.ClH/c1-11(2)23-9-8-14-15(10-23)28-19(16(14)17(21)24)22-18(25)12-4-6-13(7-5-12)20(26)27-3;/h4-7,11H,8-10H2,1-3H3,(H2,21,24)(H,22,25);1H. The molecule has 2 amide bonds. The van der Waals surface area contributed by atoms with Gasteiger partial charge < -0.3 is 15.8 Å². The zero-order valence-corrected chi connectivity index (χ0v) is 18.1. The fraction of sp³-hybridized carbons (Fsp3) is 0.350. The molecule has 1 aromatic carbocycles. The number of nitrogens with one attached hydrogen (secondary N) is 1. The van der Waals surface area contributed by atoms with Gasteiger partial charge >= 0.3 is 5.97 Å². The number of thiophene rings is 1. The number of nitrogens with zero attached hydrogens (tertiary/aromatic N) is 1. The van der Waals surface area contributed by atoms with E-state index >= 15 is 0 Å². The number of fused-ring (bicyclic) bond motifs is 1. The van der Waals surface area contributed by atoms with Crippen molar-refractivity contribution >= 4 is 46.5 Å². The highest BCUT2D eigenvalue weighted by molar-refractivity contribution is 7.17. The largest absolute Gasteiger partial charge is 0.465 e. The van der Waals surface area contributed by atoms with E-state index in [1.807, 2.05) is 0 Å². The van der Waals surface area contributed by atoms with E-state index in [4.69, 9.17) is 5.73 Å². The highest BCUT2D eigenvalue weighted by Gasteiger charge is 2.28. The third-order valence-corrected chi connectivity index (χ3v) is 5.99. The Labute approximate surface area is 179 Å². The van der Waals surface area contributed by atoms with Crippen molar-refractivity contribution in [2.45, 2.75) is 32.9 Å². The summed E-state index contributed by atoms with van der Waals surface area (Å²) >= 11 is 1.40. The van der Waals surface area contributed by atoms with Crippen LogP contribution in [0.25, 0.3) is 0 Å². The Morgan fingerprint density at radius 3 is 2.34 bits per heavy atom. The highest BCUT2D eigenvalue weighted by Crippen LogP contribution is 2.37. The van der Waals surface area contributed by atoms with Crippen LogP contribution in [-0.4, -0.2) is 42.4 Å². The number of carbonyl (C=O) groups excluding carboxylic acids is 3. The first-order valence-electron chi connectivity index (χ1n) is 9.00. The maximum atomic E-state index is 12.6. The minimum Gasteiger partial charge on any atom is -0.465 e. The summed E-state index contributed by atoms with van der Waals surface area (Å²) in [6.45, 7) is 5.86. The van der Waals surface area contributed by atoms with Gasteiger partial charge in [-0.1, -0.05) is 0 Å². The van der Waals surface area contributed by atoms with Crippen LogP contribution < -0.4 is 11.1 Å². The Morgan fingerprint density at radius 1 is 1.17 bits per heavy atom. The lowest BCUT2D eigenvalue weighted by atomic mass is 10.0. The molecule has 2 aromatic rings. The van der Waals surface area contributed by atoms with Crippen LogP contribution in [0.2, 0.25) is 0 Å². The molecule has 2 heterocycles. The summed E-state index contributed by atoms with van der Waals surface area (Å²) in [5.74, 6) is -1.37. The van der Waals surface area contributed by atoms with Crippen molar-refractivity contribution in [2.75, 3.05) is 19.0 Å². The number of methoxy groups -OCH3 is 1. The van der Waals surface area contributed by atoms with E-state index in [2.05, 4.69) is 28.8 Å². The Morgan fingerprint density at radius 2 is 1.79 bits per heavy atom. The van der Waals surface area contributed by atoms with Crippen LogP contribution in [0.15, 0.2) is 24.3 Å². The van der Waals surface area contributed by atoms with Crippen molar-refractivity contribution < 1.29 is 19.1 Å². The lowest BCUT2D eigenvalue weighted by Crippen LogP contribution is -2.35. The molecule has 1 aromatic heterocycles. The predicted molar refractivity (Wildman–Crippen MR) is 115 cm³/mol. The second-order valence-electron chi connectivity index (χ2n) is 6.91. The maximum absolute atomic E-state index is 12.6. The fourth-order valence-corrected chi connectivity index (χ4v) is 4.54. The van der Waals surface area contributed by atoms with Crippen LogP contribution in [0.5, 0.6) is 0 Å². The average molecular weight is 438 g/mol. The van der Waals surface area contributed by atoms with E-state index in [0.717, 1.165) is 30.0 Å². The summed E-state index contributed by atoms with van der Waals surface area (Å²) in [5, 5.41) is 3.29. The lowest BCUT2D eigenvalue weighted by Gasteiger charge is -2.30. The summed E-state index contributed by atoms with van der Waals surface area (Å²) in [7, 11) is 1.30. The number of ether oxygens (including phenoxy) is 1. The molecule has 3 N–H and O–H groups in total. The number of hydrogen-bond donors (Lipinski definition) is 2. The number of amides is 2. The van der Waals surface area contributed by atoms with Gasteiger partial charge in [-0.25, -0.2) is 4.79 Å². The smallest absolute Gasteiger partial charge is 0.337 e. The SMILES string of the molecule is COC(=O)c1ccc(C(=O)Nc2sc3c(c2C(N)=O)CCN(C(C)C)C3)cc1.Cl. The number of carbonyl (C=O) groups is 3. The van der Waals surface area contributed by atoms with E-state index < -0.39 is 11.9 Å². The molecule has 1 aliphatic heterocycles. The molecule has 0 aliphatic carbocycles. The minimum absolute atomic E-state index is 0. The number of rotatable bonds is 5. The molecule has 0 bridgehead atoms. The summed E-state index contributed by atoms with van der Waals surface area (Å²) in [6.07, 6.45) is 0.728. The number of halogens is 1. The van der Waals surface area contributed by atoms with E-state index in [0.29, 0.717) is 27.7 Å². The summed E-state index contributed by atoms with van der Waals surface area (Å²) < 4.78 is 4.65. The maximum Gasteiger partial charge on any atom is 0.337 e. The van der Waals surface area contributed by atoms with Gasteiger partial charge in [-0.05, 0) is 50.1 Å². The molecule has 3 rings (SSSR count). The number of anilines is 1. The molecule has 7 nitrogen and oxygen atoms in total. The molecule has 29 heavy (non-hydrogen) atoms. The monoisotopic (exact) mass is 437 g/mol. The van der Waals surface area contributed by atoms with Gasteiger partial charge in [-0.15, -0.1) is 23.7 Å². The third kappa shape index (κ3) is 4.77. The van der Waals surface area contributed by atoms with Crippen LogP contribution in [0.4, 0.5) is 5.00 Å². The van der Waals surface area contributed by atoms with Crippen molar-refractivity contribution in [1.29, 1.82) is 0 Å². The van der Waals surface area contributed by atoms with E-state index in [1.165, 1.54) is 30.6 Å². The van der Waals surface area contributed by atoms with Crippen molar-refractivity contribution in [2.24, 2.45) is 5.73 Å². The van der Waals surface area contributed by atoms with Gasteiger partial charge in [0.05, 0.1) is 18.2 Å². The third-order valence-electron chi connectivity index (χ3n) is 4.86. The molecular formula is C20H24ClN3O4S. The second-order valence-corrected chi connectivity index (χ2v) is 8.01. The molecule has 156 valence electrons. The Kier molecular flexibility index (Phi) is 7.40. The van der Waals surface area contributed by atoms with Crippen LogP contribution in [0.3, 0.4) is 0 Å². The molecule has 0 unspecified atom stereocenters. The first kappa shape index (κ1) is 22.9. The Bertz CT molecular complexity index is 925. The molecule has 0 fully saturated rings. The van der Waals surface area contributed by atoms with Crippen LogP contribution in [-0.2, 0) is 17.7 Å². The number of hydrogen-bond acceptors (Lipinski definition) is 6. The first-order chi connectivity index (χ1) is 13.3. The average Bonchev–Trinajstić information content (AvgIpc) is 3.04. The van der Waals surface area contributed by atoms with Gasteiger partial charge in [-0.2, -0.15) is 0 Å². The van der Waals surface area contributed by atoms with Crippen molar-refractivity contribution in [1.82, 2.24) is 4.90 Å². The van der Waals surface area contributed by atoms with Crippen molar-refractivity contribution in [3.8, 4) is 0 Å². The lowest BCUT2D eigenvalue weighted by molar-refractivity contribution is 0.0600. The molecule has 1 aliphatic rings. The predicted octanol–water partition coefficient (Wildman–Crippen LogP) is 3.07. The number of primary amides is 1. The minimum atomic E-state index is -0.535. The molecule has 0 atom stereocenters. The van der Waals surface area contributed by atoms with Crippen molar-refractivity contribution in [3.05, 3.63) is 51.4 Å². The Hall–Kier alpha value is -2.42. The van der Waals surface area contributed by atoms with Gasteiger partial charge in [0.25, 0.3) is 11.8 Å². The highest BCUT2D eigenvalue weighted by atomic mass is 35.5. The summed E-state index contributed by atoms with van der Waals surface area (Å²) in [5.41, 5.74) is 7.69. The Balaban J connectivity index is 0.00000300. The quantitative estimate of drug-likeness (QED) is 0.700. The van der Waals surface area contributed by atoms with E-state index in [9.17, 15) is 14.4 Å². The second kappa shape index (κ2) is 9.39. The molecule has 0 saturated heterocycles. The molecule has 0 radical (unpaired) electrons.